The van der Waals surface area contributed by atoms with Gasteiger partial charge in [0.05, 0.1) is 36.3 Å². The lowest BCUT2D eigenvalue weighted by Crippen LogP contribution is -2.40. The monoisotopic (exact) mass is 465 g/mol. The Kier molecular flexibility index (Phi) is 7.02. The molecule has 0 bridgehead atoms. The number of carbonyl (C=O) groups excluding carboxylic acids is 2. The predicted octanol–water partition coefficient (Wildman–Crippen LogP) is 1.84. The summed E-state index contributed by atoms with van der Waals surface area (Å²) < 4.78 is 38.4. The molecule has 1 aromatic rings. The molecule has 2 aliphatic heterocycles. The minimum Gasteiger partial charge on any atom is -0.492 e. The first-order chi connectivity index (χ1) is 15.4. The molecular weight excluding hydrogens is 434 g/mol. The molecule has 1 N–H and O–H groups in total. The topological polar surface area (TPSA) is 105 Å². The second-order valence-electron chi connectivity index (χ2n) is 8.48. The number of hydrogen-bond acceptors (Lipinski definition) is 6. The van der Waals surface area contributed by atoms with Gasteiger partial charge in [-0.1, -0.05) is 12.8 Å². The Balaban J connectivity index is 1.52. The molecule has 32 heavy (non-hydrogen) atoms. The van der Waals surface area contributed by atoms with Gasteiger partial charge in [-0.25, -0.2) is 8.42 Å². The maximum absolute atomic E-state index is 13.0. The summed E-state index contributed by atoms with van der Waals surface area (Å²) in [6.45, 7) is 3.89. The fraction of sp³-hybridized carbons (Fsp3) is 0.636. The maximum Gasteiger partial charge on any atom is 0.243 e. The molecule has 0 aromatic heterocycles. The minimum atomic E-state index is -3.72. The largest absolute Gasteiger partial charge is 0.492 e. The molecule has 10 heteroatoms. The zero-order chi connectivity index (χ0) is 22.7. The third kappa shape index (κ3) is 4.77. The molecule has 3 fully saturated rings. The summed E-state index contributed by atoms with van der Waals surface area (Å²) in [5.74, 6) is -0.331. The molecule has 0 spiro atoms. The van der Waals surface area contributed by atoms with Crippen molar-refractivity contribution in [3.63, 3.8) is 0 Å². The number of amides is 2. The normalized spacial score (nSPS) is 23.0. The lowest BCUT2D eigenvalue weighted by Gasteiger charge is -2.26. The highest BCUT2D eigenvalue weighted by Crippen LogP contribution is 2.33. The van der Waals surface area contributed by atoms with Gasteiger partial charge in [-0.15, -0.1) is 0 Å². The van der Waals surface area contributed by atoms with Crippen molar-refractivity contribution < 1.29 is 27.5 Å². The molecule has 2 heterocycles. The van der Waals surface area contributed by atoms with Gasteiger partial charge in [0.1, 0.15) is 5.75 Å². The van der Waals surface area contributed by atoms with Gasteiger partial charge in [0.15, 0.2) is 0 Å². The Morgan fingerprint density at radius 2 is 1.94 bits per heavy atom. The second-order valence-corrected chi connectivity index (χ2v) is 10.4. The molecule has 1 unspecified atom stereocenters. The van der Waals surface area contributed by atoms with Gasteiger partial charge in [0.2, 0.25) is 21.8 Å². The standard InChI is InChI=1S/C22H31N3O6S/c1-2-31-20-8-7-18(32(28,29)24-9-11-30-12-10-24)14-19(20)23-22(27)16-13-21(26)25(15-16)17-5-3-4-6-17/h7-8,14,16-17H,2-6,9-13,15H2,1H3,(H,23,27). The van der Waals surface area contributed by atoms with E-state index in [-0.39, 0.29) is 29.2 Å². The molecular formula is C22H31N3O6S. The Bertz CT molecular complexity index is 954. The van der Waals surface area contributed by atoms with Crippen LogP contribution in [-0.4, -0.2) is 74.9 Å². The number of carbonyl (C=O) groups is 2. The van der Waals surface area contributed by atoms with Crippen LogP contribution in [0.1, 0.15) is 39.0 Å². The Morgan fingerprint density at radius 1 is 1.22 bits per heavy atom. The van der Waals surface area contributed by atoms with Crippen LogP contribution in [0.4, 0.5) is 5.69 Å². The van der Waals surface area contributed by atoms with E-state index < -0.39 is 15.9 Å². The van der Waals surface area contributed by atoms with E-state index in [0.717, 1.165) is 25.7 Å². The van der Waals surface area contributed by atoms with E-state index in [1.807, 2.05) is 11.8 Å². The summed E-state index contributed by atoms with van der Waals surface area (Å²) in [6, 6.07) is 4.74. The van der Waals surface area contributed by atoms with Crippen LogP contribution in [0.15, 0.2) is 23.1 Å². The summed E-state index contributed by atoms with van der Waals surface area (Å²) in [4.78, 5) is 27.4. The van der Waals surface area contributed by atoms with Crippen LogP contribution in [0.5, 0.6) is 5.75 Å². The third-order valence-electron chi connectivity index (χ3n) is 6.41. The summed E-state index contributed by atoms with van der Waals surface area (Å²) >= 11 is 0. The first-order valence-corrected chi connectivity index (χ1v) is 12.8. The fourth-order valence-corrected chi connectivity index (χ4v) is 6.13. The van der Waals surface area contributed by atoms with Crippen molar-refractivity contribution in [2.24, 2.45) is 5.92 Å². The Hall–Kier alpha value is -2.17. The number of anilines is 1. The quantitative estimate of drug-likeness (QED) is 0.659. The molecule has 9 nitrogen and oxygen atoms in total. The minimum absolute atomic E-state index is 0.0192. The van der Waals surface area contributed by atoms with Crippen molar-refractivity contribution in [1.29, 1.82) is 0 Å². The number of sulfonamides is 1. The van der Waals surface area contributed by atoms with E-state index in [9.17, 15) is 18.0 Å². The van der Waals surface area contributed by atoms with Crippen molar-refractivity contribution >= 4 is 27.5 Å². The van der Waals surface area contributed by atoms with Crippen molar-refractivity contribution in [3.8, 4) is 5.75 Å². The molecule has 1 saturated carbocycles. The van der Waals surface area contributed by atoms with Crippen molar-refractivity contribution in [3.05, 3.63) is 18.2 Å². The smallest absolute Gasteiger partial charge is 0.243 e. The molecule has 0 radical (unpaired) electrons. The SMILES string of the molecule is CCOc1ccc(S(=O)(=O)N2CCOCC2)cc1NC(=O)C1CC(=O)N(C2CCCC2)C1. The van der Waals surface area contributed by atoms with E-state index in [1.54, 1.807) is 6.07 Å². The molecule has 1 atom stereocenters. The van der Waals surface area contributed by atoms with Crippen molar-refractivity contribution in [2.75, 3.05) is 44.8 Å². The summed E-state index contributed by atoms with van der Waals surface area (Å²) in [7, 11) is -3.72. The average Bonchev–Trinajstić information content (AvgIpc) is 3.45. The van der Waals surface area contributed by atoms with Gasteiger partial charge in [0, 0.05) is 32.1 Å². The first kappa shape index (κ1) is 23.0. The number of likely N-dealkylation sites (tertiary alicyclic amines) is 1. The van der Waals surface area contributed by atoms with Crippen LogP contribution in [0.3, 0.4) is 0 Å². The van der Waals surface area contributed by atoms with Gasteiger partial charge in [-0.2, -0.15) is 4.31 Å². The summed E-state index contributed by atoms with van der Waals surface area (Å²) in [6.07, 6.45) is 4.41. The van der Waals surface area contributed by atoms with Gasteiger partial charge in [-0.3, -0.25) is 9.59 Å². The molecule has 3 aliphatic rings. The number of nitrogens with one attached hydrogen (secondary N) is 1. The summed E-state index contributed by atoms with van der Waals surface area (Å²) in [5.41, 5.74) is 0.304. The molecule has 2 saturated heterocycles. The van der Waals surface area contributed by atoms with E-state index in [0.29, 0.717) is 50.9 Å². The zero-order valence-corrected chi connectivity index (χ0v) is 19.2. The van der Waals surface area contributed by atoms with Gasteiger partial charge >= 0.3 is 0 Å². The number of morpholine rings is 1. The summed E-state index contributed by atoms with van der Waals surface area (Å²) in [5, 5.41) is 2.83. The number of hydrogen-bond donors (Lipinski definition) is 1. The number of nitrogens with zero attached hydrogens (tertiary/aromatic N) is 2. The van der Waals surface area contributed by atoms with Crippen LogP contribution >= 0.6 is 0 Å². The van der Waals surface area contributed by atoms with Crippen LogP contribution in [0.2, 0.25) is 0 Å². The Morgan fingerprint density at radius 3 is 2.62 bits per heavy atom. The van der Waals surface area contributed by atoms with E-state index in [4.69, 9.17) is 9.47 Å². The highest BCUT2D eigenvalue weighted by molar-refractivity contribution is 7.89. The van der Waals surface area contributed by atoms with Crippen LogP contribution in [0, 0.1) is 5.92 Å². The molecule has 176 valence electrons. The van der Waals surface area contributed by atoms with Crippen LogP contribution < -0.4 is 10.1 Å². The van der Waals surface area contributed by atoms with Gasteiger partial charge in [0.25, 0.3) is 0 Å². The lowest BCUT2D eigenvalue weighted by atomic mass is 10.1. The maximum atomic E-state index is 13.0. The Labute approximate surface area is 189 Å². The average molecular weight is 466 g/mol. The highest BCUT2D eigenvalue weighted by Gasteiger charge is 2.39. The first-order valence-electron chi connectivity index (χ1n) is 11.3. The number of benzene rings is 1. The molecule has 4 rings (SSSR count). The third-order valence-corrected chi connectivity index (χ3v) is 8.31. The second kappa shape index (κ2) is 9.76. The van der Waals surface area contributed by atoms with E-state index >= 15 is 0 Å². The zero-order valence-electron chi connectivity index (χ0n) is 18.4. The van der Waals surface area contributed by atoms with Crippen LogP contribution in [-0.2, 0) is 24.3 Å². The van der Waals surface area contributed by atoms with Crippen molar-refractivity contribution in [2.45, 2.75) is 50.0 Å². The molecule has 2 amide bonds. The molecule has 1 aliphatic carbocycles. The number of ether oxygens (including phenoxy) is 2. The van der Waals surface area contributed by atoms with Gasteiger partial charge < -0.3 is 19.7 Å². The van der Waals surface area contributed by atoms with E-state index in [2.05, 4.69) is 5.32 Å². The van der Waals surface area contributed by atoms with Gasteiger partial charge in [-0.05, 0) is 38.0 Å². The molecule has 1 aromatic carbocycles. The number of rotatable bonds is 7. The van der Waals surface area contributed by atoms with Crippen molar-refractivity contribution in [1.82, 2.24) is 9.21 Å². The van der Waals surface area contributed by atoms with E-state index in [1.165, 1.54) is 16.4 Å². The van der Waals surface area contributed by atoms with Crippen LogP contribution in [0.25, 0.3) is 0 Å². The predicted molar refractivity (Wildman–Crippen MR) is 118 cm³/mol. The fourth-order valence-electron chi connectivity index (χ4n) is 4.70. The highest BCUT2D eigenvalue weighted by atomic mass is 32.2. The lowest BCUT2D eigenvalue weighted by molar-refractivity contribution is -0.129.